The zero-order chi connectivity index (χ0) is 12.7. The Hall–Kier alpha value is -1.40. The average Bonchev–Trinajstić information content (AvgIpc) is 2.30. The van der Waals surface area contributed by atoms with E-state index in [9.17, 15) is 4.79 Å². The molecule has 0 bridgehead atoms. The summed E-state index contributed by atoms with van der Waals surface area (Å²) < 4.78 is 4.87. The number of hydrogen-bond donors (Lipinski definition) is 2. The summed E-state index contributed by atoms with van der Waals surface area (Å²) in [5.74, 6) is -0.544. The Balaban J connectivity index is 2.54. The second-order valence-corrected chi connectivity index (χ2v) is 3.80. The van der Waals surface area contributed by atoms with Crippen molar-refractivity contribution < 1.29 is 14.6 Å². The standard InChI is InChI=1S/C10H14ClN3O3/c1-17-6-2-3-7(10(15)16)12-9-5-4-8(11)13-14-9/h4-5,7H,2-3,6H2,1H3,(H,12,14)(H,15,16). The molecule has 0 aliphatic heterocycles. The number of methoxy groups -OCH3 is 1. The van der Waals surface area contributed by atoms with E-state index in [2.05, 4.69) is 15.5 Å². The Morgan fingerprint density at radius 3 is 2.88 bits per heavy atom. The van der Waals surface area contributed by atoms with Crippen molar-refractivity contribution in [3.8, 4) is 0 Å². The van der Waals surface area contributed by atoms with Crippen molar-refractivity contribution >= 4 is 23.4 Å². The maximum absolute atomic E-state index is 11.0. The minimum absolute atomic E-state index is 0.266. The molecule has 0 saturated heterocycles. The Morgan fingerprint density at radius 2 is 2.35 bits per heavy atom. The number of carbonyl (C=O) groups is 1. The van der Waals surface area contributed by atoms with Crippen LogP contribution in [-0.2, 0) is 9.53 Å². The van der Waals surface area contributed by atoms with E-state index in [-0.39, 0.29) is 5.15 Å². The fraction of sp³-hybridized carbons (Fsp3) is 0.500. The number of anilines is 1. The van der Waals surface area contributed by atoms with E-state index < -0.39 is 12.0 Å². The highest BCUT2D eigenvalue weighted by Crippen LogP contribution is 2.10. The van der Waals surface area contributed by atoms with Crippen LogP contribution in [0, 0.1) is 0 Å². The largest absolute Gasteiger partial charge is 0.480 e. The van der Waals surface area contributed by atoms with Crippen LogP contribution in [0.15, 0.2) is 12.1 Å². The van der Waals surface area contributed by atoms with Crippen molar-refractivity contribution in [2.45, 2.75) is 18.9 Å². The van der Waals surface area contributed by atoms with Gasteiger partial charge in [-0.3, -0.25) is 0 Å². The Morgan fingerprint density at radius 1 is 1.59 bits per heavy atom. The van der Waals surface area contributed by atoms with Gasteiger partial charge in [0.15, 0.2) is 5.15 Å². The molecule has 0 amide bonds. The minimum atomic E-state index is -0.933. The number of ether oxygens (including phenoxy) is 1. The highest BCUT2D eigenvalue weighted by molar-refractivity contribution is 6.29. The molecular weight excluding hydrogens is 246 g/mol. The lowest BCUT2D eigenvalue weighted by Gasteiger charge is -2.14. The van der Waals surface area contributed by atoms with Crippen LogP contribution in [0.25, 0.3) is 0 Å². The number of carboxylic acid groups (broad SMARTS) is 1. The smallest absolute Gasteiger partial charge is 0.326 e. The number of hydrogen-bond acceptors (Lipinski definition) is 5. The third-order valence-corrected chi connectivity index (χ3v) is 2.30. The highest BCUT2D eigenvalue weighted by Gasteiger charge is 2.17. The van der Waals surface area contributed by atoms with Gasteiger partial charge in [0.1, 0.15) is 11.9 Å². The van der Waals surface area contributed by atoms with E-state index >= 15 is 0 Å². The van der Waals surface area contributed by atoms with E-state index in [1.807, 2.05) is 0 Å². The number of rotatable bonds is 7. The molecule has 0 aliphatic rings. The van der Waals surface area contributed by atoms with Crippen molar-refractivity contribution in [1.29, 1.82) is 0 Å². The maximum atomic E-state index is 11.0. The number of nitrogens with one attached hydrogen (secondary N) is 1. The Bertz CT molecular complexity index is 358. The normalized spacial score (nSPS) is 12.1. The van der Waals surface area contributed by atoms with E-state index in [1.165, 1.54) is 0 Å². The first-order chi connectivity index (χ1) is 8.13. The van der Waals surface area contributed by atoms with Gasteiger partial charge < -0.3 is 15.2 Å². The number of aromatic nitrogens is 2. The van der Waals surface area contributed by atoms with Crippen LogP contribution in [0.5, 0.6) is 0 Å². The summed E-state index contributed by atoms with van der Waals surface area (Å²) in [4.78, 5) is 11.0. The fourth-order valence-electron chi connectivity index (χ4n) is 1.26. The fourth-order valence-corrected chi connectivity index (χ4v) is 1.36. The molecule has 0 aliphatic carbocycles. The number of carboxylic acids is 1. The summed E-state index contributed by atoms with van der Waals surface area (Å²) in [6, 6.07) is 2.42. The molecule has 1 atom stereocenters. The Kier molecular flexibility index (Phi) is 5.65. The predicted molar refractivity (Wildman–Crippen MR) is 63.2 cm³/mol. The summed E-state index contributed by atoms with van der Waals surface area (Å²) in [5, 5.41) is 19.4. The monoisotopic (exact) mass is 259 g/mol. The van der Waals surface area contributed by atoms with E-state index in [0.29, 0.717) is 25.3 Å². The lowest BCUT2D eigenvalue weighted by atomic mass is 10.1. The first kappa shape index (κ1) is 13.7. The molecule has 6 nitrogen and oxygen atoms in total. The van der Waals surface area contributed by atoms with Gasteiger partial charge in [0.05, 0.1) is 0 Å². The van der Waals surface area contributed by atoms with Crippen LogP contribution >= 0.6 is 11.6 Å². The van der Waals surface area contributed by atoms with Crippen molar-refractivity contribution in [3.63, 3.8) is 0 Å². The van der Waals surface area contributed by atoms with Gasteiger partial charge in [-0.05, 0) is 25.0 Å². The molecule has 0 spiro atoms. The van der Waals surface area contributed by atoms with Crippen LogP contribution in [0.3, 0.4) is 0 Å². The first-order valence-electron chi connectivity index (χ1n) is 5.11. The molecule has 0 fully saturated rings. The van der Waals surface area contributed by atoms with Crippen LogP contribution in [-0.4, -0.2) is 41.0 Å². The molecule has 94 valence electrons. The van der Waals surface area contributed by atoms with E-state index in [0.717, 1.165) is 0 Å². The summed E-state index contributed by atoms with van der Waals surface area (Å²) in [7, 11) is 1.58. The lowest BCUT2D eigenvalue weighted by Crippen LogP contribution is -2.30. The lowest BCUT2D eigenvalue weighted by molar-refractivity contribution is -0.138. The van der Waals surface area contributed by atoms with Crippen LogP contribution in [0.4, 0.5) is 5.82 Å². The molecule has 1 unspecified atom stereocenters. The zero-order valence-corrected chi connectivity index (χ0v) is 10.1. The molecular formula is C10H14ClN3O3. The number of aliphatic carboxylic acids is 1. The molecule has 0 aromatic carbocycles. The van der Waals surface area contributed by atoms with Crippen LogP contribution in [0.1, 0.15) is 12.8 Å². The first-order valence-corrected chi connectivity index (χ1v) is 5.49. The summed E-state index contributed by atoms with van der Waals surface area (Å²) in [6.07, 6.45) is 1.11. The van der Waals surface area contributed by atoms with Gasteiger partial charge in [0.25, 0.3) is 0 Å². The van der Waals surface area contributed by atoms with Crippen molar-refractivity contribution in [1.82, 2.24) is 10.2 Å². The van der Waals surface area contributed by atoms with Gasteiger partial charge in [-0.1, -0.05) is 11.6 Å². The van der Waals surface area contributed by atoms with Gasteiger partial charge in [-0.2, -0.15) is 0 Å². The molecule has 0 radical (unpaired) electrons. The summed E-state index contributed by atoms with van der Waals surface area (Å²) >= 11 is 5.58. The van der Waals surface area contributed by atoms with Gasteiger partial charge >= 0.3 is 5.97 Å². The molecule has 0 saturated carbocycles. The number of nitrogens with zero attached hydrogens (tertiary/aromatic N) is 2. The topological polar surface area (TPSA) is 84.3 Å². The molecule has 1 aromatic heterocycles. The molecule has 1 heterocycles. The van der Waals surface area contributed by atoms with Gasteiger partial charge in [0, 0.05) is 13.7 Å². The van der Waals surface area contributed by atoms with Gasteiger partial charge in [0.2, 0.25) is 0 Å². The average molecular weight is 260 g/mol. The van der Waals surface area contributed by atoms with E-state index in [4.69, 9.17) is 21.4 Å². The van der Waals surface area contributed by atoms with Crippen molar-refractivity contribution in [2.24, 2.45) is 0 Å². The Labute approximate surface area is 104 Å². The molecule has 2 N–H and O–H groups in total. The highest BCUT2D eigenvalue weighted by atomic mass is 35.5. The predicted octanol–water partition coefficient (Wildman–Crippen LogP) is 1.42. The van der Waals surface area contributed by atoms with Crippen LogP contribution in [0.2, 0.25) is 5.15 Å². The summed E-state index contributed by atoms with van der Waals surface area (Å²) in [5.41, 5.74) is 0. The molecule has 1 aromatic rings. The summed E-state index contributed by atoms with van der Waals surface area (Å²) in [6.45, 7) is 0.526. The second kappa shape index (κ2) is 7.03. The zero-order valence-electron chi connectivity index (χ0n) is 9.39. The van der Waals surface area contributed by atoms with Crippen LogP contribution < -0.4 is 5.32 Å². The van der Waals surface area contributed by atoms with E-state index in [1.54, 1.807) is 19.2 Å². The molecule has 1 rings (SSSR count). The third-order valence-electron chi connectivity index (χ3n) is 2.09. The van der Waals surface area contributed by atoms with Gasteiger partial charge in [-0.15, -0.1) is 10.2 Å². The quantitative estimate of drug-likeness (QED) is 0.721. The molecule has 7 heteroatoms. The molecule has 17 heavy (non-hydrogen) atoms. The third kappa shape index (κ3) is 4.97. The van der Waals surface area contributed by atoms with Gasteiger partial charge in [-0.25, -0.2) is 4.79 Å². The second-order valence-electron chi connectivity index (χ2n) is 3.41. The van der Waals surface area contributed by atoms with Crippen molar-refractivity contribution in [2.75, 3.05) is 19.0 Å². The maximum Gasteiger partial charge on any atom is 0.326 e. The van der Waals surface area contributed by atoms with Crippen molar-refractivity contribution in [3.05, 3.63) is 17.3 Å². The SMILES string of the molecule is COCCCC(Nc1ccc(Cl)nn1)C(=O)O. The number of halogens is 1. The minimum Gasteiger partial charge on any atom is -0.480 e.